The molecule has 6 heteroatoms. The van der Waals surface area contributed by atoms with Gasteiger partial charge in [-0.1, -0.05) is 45.4 Å². The number of aromatic nitrogens is 1. The van der Waals surface area contributed by atoms with Crippen molar-refractivity contribution in [1.29, 1.82) is 0 Å². The van der Waals surface area contributed by atoms with Crippen LogP contribution in [0.5, 0.6) is 0 Å². The van der Waals surface area contributed by atoms with Gasteiger partial charge >= 0.3 is 0 Å². The van der Waals surface area contributed by atoms with Gasteiger partial charge in [0.05, 0.1) is 11.4 Å². The van der Waals surface area contributed by atoms with Gasteiger partial charge < -0.3 is 9.80 Å². The predicted molar refractivity (Wildman–Crippen MR) is 126 cm³/mol. The second-order valence-corrected chi connectivity index (χ2v) is 8.16. The van der Waals surface area contributed by atoms with Crippen molar-refractivity contribution in [2.75, 3.05) is 31.1 Å². The molecule has 0 radical (unpaired) electrons. The van der Waals surface area contributed by atoms with Crippen LogP contribution in [0.3, 0.4) is 0 Å². The average molecular weight is 422 g/mol. The van der Waals surface area contributed by atoms with Gasteiger partial charge in [-0.25, -0.2) is 0 Å². The Hall–Kier alpha value is -2.76. The van der Waals surface area contributed by atoms with E-state index in [1.807, 2.05) is 29.2 Å². The summed E-state index contributed by atoms with van der Waals surface area (Å²) in [5.74, 6) is 0.320. The van der Waals surface area contributed by atoms with E-state index in [0.29, 0.717) is 12.3 Å². The zero-order valence-corrected chi connectivity index (χ0v) is 18.7. The number of rotatable bonds is 11. The highest BCUT2D eigenvalue weighted by Gasteiger charge is 2.20. The number of unbranched alkanes of at least 4 members (excludes halogenated alkanes) is 6. The Morgan fingerprint density at radius 3 is 2.03 bits per heavy atom. The van der Waals surface area contributed by atoms with Crippen LogP contribution in [-0.4, -0.2) is 42.0 Å². The van der Waals surface area contributed by atoms with Gasteiger partial charge in [-0.15, -0.1) is 0 Å². The Morgan fingerprint density at radius 2 is 1.39 bits per heavy atom. The van der Waals surface area contributed by atoms with E-state index in [9.17, 15) is 4.79 Å². The van der Waals surface area contributed by atoms with Gasteiger partial charge in [0.15, 0.2) is 0 Å². The minimum Gasteiger partial charge on any atom is -0.368 e. The van der Waals surface area contributed by atoms with Crippen molar-refractivity contribution in [2.45, 2.75) is 58.3 Å². The number of amides is 1. The summed E-state index contributed by atoms with van der Waals surface area (Å²) in [4.78, 5) is 20.8. The van der Waals surface area contributed by atoms with E-state index in [2.05, 4.69) is 39.2 Å². The molecule has 2 aromatic rings. The van der Waals surface area contributed by atoms with Gasteiger partial charge in [0.2, 0.25) is 5.91 Å². The molecule has 2 heterocycles. The van der Waals surface area contributed by atoms with Crippen LogP contribution in [0.4, 0.5) is 17.1 Å². The summed E-state index contributed by atoms with van der Waals surface area (Å²) in [6.07, 6.45) is 12.8. The third kappa shape index (κ3) is 7.78. The molecule has 1 fully saturated rings. The number of anilines is 1. The fourth-order valence-corrected chi connectivity index (χ4v) is 3.86. The number of pyridine rings is 1. The molecule has 1 aliphatic rings. The van der Waals surface area contributed by atoms with Gasteiger partial charge in [-0.2, -0.15) is 10.2 Å². The second-order valence-electron chi connectivity index (χ2n) is 8.16. The highest BCUT2D eigenvalue weighted by atomic mass is 16.2. The fourth-order valence-electron chi connectivity index (χ4n) is 3.86. The van der Waals surface area contributed by atoms with Crippen LogP contribution in [-0.2, 0) is 4.79 Å². The first-order chi connectivity index (χ1) is 15.3. The normalized spacial score (nSPS) is 14.4. The summed E-state index contributed by atoms with van der Waals surface area (Å²) in [6, 6.07) is 11.8. The number of hydrogen-bond acceptors (Lipinski definition) is 5. The highest BCUT2D eigenvalue weighted by molar-refractivity contribution is 5.76. The van der Waals surface area contributed by atoms with Gasteiger partial charge in [-0.05, 0) is 42.8 Å². The first-order valence-electron chi connectivity index (χ1n) is 11.7. The molecule has 0 bridgehead atoms. The smallest absolute Gasteiger partial charge is 0.222 e. The van der Waals surface area contributed by atoms with Crippen LogP contribution in [0.25, 0.3) is 0 Å². The van der Waals surface area contributed by atoms with Crippen LogP contribution < -0.4 is 4.90 Å². The summed E-state index contributed by atoms with van der Waals surface area (Å²) >= 11 is 0. The van der Waals surface area contributed by atoms with E-state index >= 15 is 0 Å². The van der Waals surface area contributed by atoms with Crippen molar-refractivity contribution in [2.24, 2.45) is 10.2 Å². The van der Waals surface area contributed by atoms with E-state index in [1.54, 1.807) is 12.4 Å². The van der Waals surface area contributed by atoms with Crippen molar-refractivity contribution in [3.63, 3.8) is 0 Å². The molecule has 1 aliphatic heterocycles. The molecule has 0 unspecified atom stereocenters. The molecule has 1 aromatic heterocycles. The first kappa shape index (κ1) is 22.9. The van der Waals surface area contributed by atoms with Crippen molar-refractivity contribution in [1.82, 2.24) is 9.88 Å². The Bertz CT molecular complexity index is 798. The average Bonchev–Trinajstić information content (AvgIpc) is 2.83. The predicted octanol–water partition coefficient (Wildman–Crippen LogP) is 6.29. The van der Waals surface area contributed by atoms with Crippen molar-refractivity contribution in [3.8, 4) is 0 Å². The lowest BCUT2D eigenvalue weighted by Gasteiger charge is -2.36. The molecule has 166 valence electrons. The molecule has 0 saturated carbocycles. The Morgan fingerprint density at radius 1 is 0.806 bits per heavy atom. The third-order valence-electron chi connectivity index (χ3n) is 5.79. The maximum atomic E-state index is 12.5. The molecular formula is C25H35N5O. The van der Waals surface area contributed by atoms with Gasteiger partial charge in [0, 0.05) is 50.7 Å². The van der Waals surface area contributed by atoms with Gasteiger partial charge in [0.1, 0.15) is 0 Å². The number of nitrogens with zero attached hydrogens (tertiary/aromatic N) is 5. The van der Waals surface area contributed by atoms with Crippen molar-refractivity contribution in [3.05, 3.63) is 48.8 Å². The third-order valence-corrected chi connectivity index (χ3v) is 5.79. The minimum absolute atomic E-state index is 0.320. The molecular weight excluding hydrogens is 386 g/mol. The summed E-state index contributed by atoms with van der Waals surface area (Å²) in [6.45, 7) is 5.60. The molecule has 31 heavy (non-hydrogen) atoms. The van der Waals surface area contributed by atoms with E-state index in [-0.39, 0.29) is 0 Å². The Kier molecular flexibility index (Phi) is 9.48. The summed E-state index contributed by atoms with van der Waals surface area (Å²) in [7, 11) is 0. The molecule has 3 rings (SSSR count). The summed E-state index contributed by atoms with van der Waals surface area (Å²) in [5.41, 5.74) is 2.78. The largest absolute Gasteiger partial charge is 0.368 e. The molecule has 1 saturated heterocycles. The van der Waals surface area contributed by atoms with Gasteiger partial charge in [-0.3, -0.25) is 9.78 Å². The Balaban J connectivity index is 1.37. The molecule has 0 aliphatic carbocycles. The lowest BCUT2D eigenvalue weighted by Crippen LogP contribution is -2.48. The van der Waals surface area contributed by atoms with Crippen LogP contribution >= 0.6 is 0 Å². The van der Waals surface area contributed by atoms with E-state index in [0.717, 1.165) is 44.0 Å². The first-order valence-corrected chi connectivity index (χ1v) is 11.7. The molecule has 1 aromatic carbocycles. The number of benzene rings is 1. The molecule has 6 nitrogen and oxygen atoms in total. The fraction of sp³-hybridized carbons (Fsp3) is 0.520. The summed E-state index contributed by atoms with van der Waals surface area (Å²) < 4.78 is 0. The van der Waals surface area contributed by atoms with Crippen LogP contribution in [0, 0.1) is 0 Å². The molecule has 0 N–H and O–H groups in total. The van der Waals surface area contributed by atoms with Crippen molar-refractivity contribution >= 4 is 23.0 Å². The molecule has 0 atom stereocenters. The SMILES string of the molecule is CCCCCCCCCC(=O)N1CCN(c2ccc(N=Nc3ccncc3)cc2)CC1. The number of hydrogen-bond donors (Lipinski definition) is 0. The van der Waals surface area contributed by atoms with Gasteiger partial charge in [0.25, 0.3) is 0 Å². The number of carbonyl (C=O) groups excluding carboxylic acids is 1. The number of carbonyl (C=O) groups is 1. The lowest BCUT2D eigenvalue weighted by molar-refractivity contribution is -0.131. The van der Waals surface area contributed by atoms with Crippen LogP contribution in [0.1, 0.15) is 58.3 Å². The monoisotopic (exact) mass is 421 g/mol. The Labute approximate surface area is 186 Å². The van der Waals surface area contributed by atoms with E-state index in [1.165, 1.54) is 44.2 Å². The topological polar surface area (TPSA) is 61.2 Å². The van der Waals surface area contributed by atoms with Crippen LogP contribution in [0.15, 0.2) is 59.0 Å². The number of piperazine rings is 1. The maximum absolute atomic E-state index is 12.5. The van der Waals surface area contributed by atoms with E-state index < -0.39 is 0 Å². The summed E-state index contributed by atoms with van der Waals surface area (Å²) in [5, 5.41) is 8.50. The lowest BCUT2D eigenvalue weighted by atomic mass is 10.1. The maximum Gasteiger partial charge on any atom is 0.222 e. The van der Waals surface area contributed by atoms with Crippen molar-refractivity contribution < 1.29 is 4.79 Å². The quantitative estimate of drug-likeness (QED) is 0.316. The van der Waals surface area contributed by atoms with Crippen LogP contribution in [0.2, 0.25) is 0 Å². The molecule has 1 amide bonds. The molecule has 0 spiro atoms. The minimum atomic E-state index is 0.320. The number of azo groups is 1. The standard InChI is InChI=1S/C25H35N5O/c1-2-3-4-5-6-7-8-9-25(31)30-20-18-29(19-21-30)24-12-10-22(11-13-24)27-28-23-14-16-26-17-15-23/h10-17H,2-9,18-21H2,1H3. The highest BCUT2D eigenvalue weighted by Crippen LogP contribution is 2.23. The van der Waals surface area contributed by atoms with E-state index in [4.69, 9.17) is 0 Å². The zero-order chi connectivity index (χ0) is 21.7. The zero-order valence-electron chi connectivity index (χ0n) is 18.7. The second kappa shape index (κ2) is 12.8.